The van der Waals surface area contributed by atoms with E-state index in [2.05, 4.69) is 52.3 Å². The summed E-state index contributed by atoms with van der Waals surface area (Å²) in [6.45, 7) is 0.661. The first kappa shape index (κ1) is 18.7. The highest BCUT2D eigenvalue weighted by Crippen LogP contribution is 2.37. The molecule has 132 valence electrons. The lowest BCUT2D eigenvalue weighted by atomic mass is 10.2. The molecule has 0 unspecified atom stereocenters. The lowest BCUT2D eigenvalue weighted by Crippen LogP contribution is -2.45. The Labute approximate surface area is 164 Å². The van der Waals surface area contributed by atoms with Crippen LogP contribution in [0.15, 0.2) is 91.0 Å². The molecule has 0 radical (unpaired) electrons. The minimum absolute atomic E-state index is 0.523. The molecule has 3 aromatic carbocycles. The second-order valence-electron chi connectivity index (χ2n) is 5.69. The van der Waals surface area contributed by atoms with Crippen LogP contribution in [0.2, 0.25) is 0 Å². The Hall–Kier alpha value is -2.04. The standard InChI is InChI=1S/C20H20N3PS2/c25-20(21-16-17-10-4-1-5-11-17)22-23-24(26,18-12-6-2-7-13-18)19-14-8-3-9-15-19/h1-15H,16H2,(H,23,26)(H2,21,22,25). The molecule has 0 aliphatic rings. The maximum Gasteiger partial charge on any atom is 0.181 e. The summed E-state index contributed by atoms with van der Waals surface area (Å²) in [5.41, 5.74) is 4.27. The molecule has 0 bridgehead atoms. The lowest BCUT2D eigenvalue weighted by Gasteiger charge is -2.25. The minimum atomic E-state index is -2.23. The van der Waals surface area contributed by atoms with E-state index in [0.29, 0.717) is 11.7 Å². The number of hydrazine groups is 1. The molecule has 0 aliphatic carbocycles. The van der Waals surface area contributed by atoms with Crippen molar-refractivity contribution in [3.05, 3.63) is 96.6 Å². The van der Waals surface area contributed by atoms with Crippen molar-refractivity contribution in [2.75, 3.05) is 0 Å². The molecule has 0 spiro atoms. The second kappa shape index (κ2) is 9.06. The van der Waals surface area contributed by atoms with Gasteiger partial charge in [0, 0.05) is 17.2 Å². The molecule has 26 heavy (non-hydrogen) atoms. The van der Waals surface area contributed by atoms with Crippen molar-refractivity contribution in [2.24, 2.45) is 0 Å². The Morgan fingerprint density at radius 2 is 1.19 bits per heavy atom. The van der Waals surface area contributed by atoms with Crippen LogP contribution >= 0.6 is 18.4 Å². The smallest absolute Gasteiger partial charge is 0.181 e. The molecular weight excluding hydrogens is 377 g/mol. The number of rotatable bonds is 6. The molecule has 0 aliphatic heterocycles. The SMILES string of the molecule is S=C(NCc1ccccc1)NNP(=S)(c1ccccc1)c1ccccc1. The third-order valence-electron chi connectivity index (χ3n) is 3.86. The van der Waals surface area contributed by atoms with E-state index in [1.54, 1.807) is 0 Å². The van der Waals surface area contributed by atoms with Crippen molar-refractivity contribution in [1.82, 2.24) is 15.9 Å². The van der Waals surface area contributed by atoms with E-state index in [9.17, 15) is 0 Å². The molecule has 3 nitrogen and oxygen atoms in total. The van der Waals surface area contributed by atoms with Crippen LogP contribution in [-0.2, 0) is 18.4 Å². The fourth-order valence-corrected chi connectivity index (χ4v) is 5.58. The predicted molar refractivity (Wildman–Crippen MR) is 119 cm³/mol. The topological polar surface area (TPSA) is 36.1 Å². The third-order valence-corrected chi connectivity index (χ3v) is 8.12. The Bertz CT molecular complexity index is 843. The van der Waals surface area contributed by atoms with Gasteiger partial charge in [-0.1, -0.05) is 103 Å². The van der Waals surface area contributed by atoms with Crippen LogP contribution in [0.25, 0.3) is 0 Å². The molecule has 3 rings (SSSR count). The van der Waals surface area contributed by atoms with Crippen molar-refractivity contribution < 1.29 is 0 Å². The normalized spacial score (nSPS) is 10.9. The van der Waals surface area contributed by atoms with Gasteiger partial charge >= 0.3 is 0 Å². The molecule has 0 aromatic heterocycles. The first-order chi connectivity index (χ1) is 12.7. The number of nitrogens with one attached hydrogen (secondary N) is 3. The summed E-state index contributed by atoms with van der Waals surface area (Å²) in [5, 5.41) is 9.23. The molecule has 0 amide bonds. The summed E-state index contributed by atoms with van der Waals surface area (Å²) in [6, 6.07) is 30.4. The van der Waals surface area contributed by atoms with Gasteiger partial charge in [-0.15, -0.1) is 0 Å². The summed E-state index contributed by atoms with van der Waals surface area (Å²) >= 11 is 11.5. The predicted octanol–water partition coefficient (Wildman–Crippen LogP) is 3.20. The fourth-order valence-electron chi connectivity index (χ4n) is 2.51. The Morgan fingerprint density at radius 3 is 1.69 bits per heavy atom. The minimum Gasteiger partial charge on any atom is -0.358 e. The van der Waals surface area contributed by atoms with Crippen LogP contribution in [0.5, 0.6) is 0 Å². The average molecular weight is 398 g/mol. The van der Waals surface area contributed by atoms with Gasteiger partial charge in [0.05, 0.1) is 6.19 Å². The van der Waals surface area contributed by atoms with Gasteiger partial charge in [0.15, 0.2) is 5.11 Å². The number of hydrogen-bond donors (Lipinski definition) is 3. The quantitative estimate of drug-likeness (QED) is 0.338. The van der Waals surface area contributed by atoms with Gasteiger partial charge < -0.3 is 5.32 Å². The van der Waals surface area contributed by atoms with Gasteiger partial charge in [-0.05, 0) is 17.8 Å². The molecule has 6 heteroatoms. The van der Waals surface area contributed by atoms with Gasteiger partial charge in [0.2, 0.25) is 0 Å². The molecule has 0 saturated carbocycles. The summed E-state index contributed by atoms with van der Waals surface area (Å²) in [7, 11) is 0. The van der Waals surface area contributed by atoms with Crippen LogP contribution in [0, 0.1) is 0 Å². The molecule has 0 saturated heterocycles. The average Bonchev–Trinajstić information content (AvgIpc) is 2.72. The molecule has 3 N–H and O–H groups in total. The van der Waals surface area contributed by atoms with Gasteiger partial charge in [0.1, 0.15) is 0 Å². The van der Waals surface area contributed by atoms with E-state index in [-0.39, 0.29) is 0 Å². The summed E-state index contributed by atoms with van der Waals surface area (Å²) < 4.78 is 0. The highest BCUT2D eigenvalue weighted by atomic mass is 32.4. The molecule has 0 fully saturated rings. The highest BCUT2D eigenvalue weighted by Gasteiger charge is 2.21. The third kappa shape index (κ3) is 4.77. The Morgan fingerprint density at radius 1 is 0.731 bits per heavy atom. The largest absolute Gasteiger partial charge is 0.358 e. The van der Waals surface area contributed by atoms with Crippen LogP contribution in [0.4, 0.5) is 0 Å². The van der Waals surface area contributed by atoms with Gasteiger partial charge in [0.25, 0.3) is 0 Å². The first-order valence-corrected chi connectivity index (χ1v) is 11.5. The molecule has 0 heterocycles. The molecule has 0 atom stereocenters. The number of benzene rings is 3. The monoisotopic (exact) mass is 397 g/mol. The second-order valence-corrected chi connectivity index (χ2v) is 10.2. The van der Waals surface area contributed by atoms with E-state index in [4.69, 9.17) is 24.0 Å². The van der Waals surface area contributed by atoms with Gasteiger partial charge in [-0.25, -0.2) is 0 Å². The summed E-state index contributed by atoms with van der Waals surface area (Å²) in [5.74, 6) is 0. The highest BCUT2D eigenvalue weighted by molar-refractivity contribution is 8.20. The maximum absolute atomic E-state index is 6.08. The van der Waals surface area contributed by atoms with Crippen molar-refractivity contribution in [3.8, 4) is 0 Å². The van der Waals surface area contributed by atoms with Crippen LogP contribution in [-0.4, -0.2) is 5.11 Å². The van der Waals surface area contributed by atoms with Crippen molar-refractivity contribution in [3.63, 3.8) is 0 Å². The van der Waals surface area contributed by atoms with Crippen molar-refractivity contribution in [1.29, 1.82) is 0 Å². The zero-order valence-electron chi connectivity index (χ0n) is 14.1. The number of thiocarbonyl (C=S) groups is 1. The zero-order valence-corrected chi connectivity index (χ0v) is 16.7. The molecular formula is C20H20N3PS2. The maximum atomic E-state index is 6.08. The van der Waals surface area contributed by atoms with E-state index < -0.39 is 6.19 Å². The van der Waals surface area contributed by atoms with E-state index >= 15 is 0 Å². The van der Waals surface area contributed by atoms with E-state index in [0.717, 1.165) is 10.6 Å². The summed E-state index contributed by atoms with van der Waals surface area (Å²) in [6.07, 6.45) is -2.23. The Balaban J connectivity index is 1.71. The summed E-state index contributed by atoms with van der Waals surface area (Å²) in [4.78, 5) is 0. The first-order valence-electron chi connectivity index (χ1n) is 8.25. The van der Waals surface area contributed by atoms with E-state index in [1.165, 1.54) is 5.56 Å². The lowest BCUT2D eigenvalue weighted by molar-refractivity contribution is 0.829. The van der Waals surface area contributed by atoms with Crippen LogP contribution in [0.3, 0.4) is 0 Å². The van der Waals surface area contributed by atoms with Crippen molar-refractivity contribution in [2.45, 2.75) is 6.54 Å². The van der Waals surface area contributed by atoms with Crippen LogP contribution < -0.4 is 26.5 Å². The van der Waals surface area contributed by atoms with Gasteiger partial charge in [-0.3, -0.25) is 5.43 Å². The van der Waals surface area contributed by atoms with Gasteiger partial charge in [-0.2, -0.15) is 5.20 Å². The number of hydrogen-bond acceptors (Lipinski definition) is 2. The van der Waals surface area contributed by atoms with Crippen LogP contribution in [0.1, 0.15) is 5.56 Å². The van der Waals surface area contributed by atoms with E-state index in [1.807, 2.05) is 54.6 Å². The van der Waals surface area contributed by atoms with Crippen molar-refractivity contribution >= 4 is 45.9 Å². The molecule has 3 aromatic rings. The Kier molecular flexibility index (Phi) is 6.53. The fraction of sp³-hybridized carbons (Fsp3) is 0.0500. The zero-order chi connectivity index (χ0) is 18.2.